The number of aryl methyl sites for hydroxylation is 1. The van der Waals surface area contributed by atoms with Crippen LogP contribution in [0.3, 0.4) is 0 Å². The number of hydrogen-bond donors (Lipinski definition) is 1. The van der Waals surface area contributed by atoms with Crippen molar-refractivity contribution >= 4 is 39.5 Å². The second-order valence-electron chi connectivity index (χ2n) is 3.12. The van der Waals surface area contributed by atoms with Gasteiger partial charge >= 0.3 is 0 Å². The van der Waals surface area contributed by atoms with Crippen LogP contribution in [-0.2, 0) is 13.0 Å². The molecule has 0 bridgehead atoms. The summed E-state index contributed by atoms with van der Waals surface area (Å²) in [5.41, 5.74) is 0. The highest BCUT2D eigenvalue weighted by Crippen LogP contribution is 2.21. The standard InChI is InChI=1S/C9H10BrN3S2/c1-2-8-11-12-9(14)13(8)4-7-3-6(10)5-15-7/h3,5H,2,4H2,1H3,(H,12,14). The van der Waals surface area contributed by atoms with Crippen LogP contribution in [0.15, 0.2) is 15.9 Å². The number of nitrogens with zero attached hydrogens (tertiary/aromatic N) is 2. The normalized spacial score (nSPS) is 10.8. The molecule has 0 atom stereocenters. The Labute approximate surface area is 105 Å². The van der Waals surface area contributed by atoms with E-state index < -0.39 is 0 Å². The van der Waals surface area contributed by atoms with Crippen molar-refractivity contribution < 1.29 is 0 Å². The maximum absolute atomic E-state index is 5.18. The van der Waals surface area contributed by atoms with Crippen molar-refractivity contribution in [3.63, 3.8) is 0 Å². The number of thiophene rings is 1. The minimum absolute atomic E-state index is 0.691. The molecule has 0 aliphatic heterocycles. The van der Waals surface area contributed by atoms with Crippen molar-refractivity contribution in [2.45, 2.75) is 19.9 Å². The Morgan fingerprint density at radius 1 is 1.67 bits per heavy atom. The number of hydrogen-bond acceptors (Lipinski definition) is 3. The van der Waals surface area contributed by atoms with Crippen LogP contribution in [0.1, 0.15) is 17.6 Å². The van der Waals surface area contributed by atoms with Crippen LogP contribution < -0.4 is 0 Å². The third-order valence-electron chi connectivity index (χ3n) is 2.09. The van der Waals surface area contributed by atoms with Gasteiger partial charge in [-0.3, -0.25) is 9.67 Å². The first-order valence-electron chi connectivity index (χ1n) is 4.57. The molecule has 0 radical (unpaired) electrons. The second kappa shape index (κ2) is 4.59. The fourth-order valence-corrected chi connectivity index (χ4v) is 3.03. The van der Waals surface area contributed by atoms with Gasteiger partial charge in [0.05, 0.1) is 6.54 Å². The molecule has 0 aliphatic rings. The molecule has 6 heteroatoms. The molecular formula is C9H10BrN3S2. The van der Waals surface area contributed by atoms with Crippen molar-refractivity contribution in [2.75, 3.05) is 0 Å². The predicted molar refractivity (Wildman–Crippen MR) is 67.9 cm³/mol. The van der Waals surface area contributed by atoms with Gasteiger partial charge in [-0.15, -0.1) is 11.3 Å². The predicted octanol–water partition coefficient (Wildman–Crippen LogP) is 3.38. The van der Waals surface area contributed by atoms with Crippen LogP contribution in [0.2, 0.25) is 0 Å². The Morgan fingerprint density at radius 3 is 3.07 bits per heavy atom. The van der Waals surface area contributed by atoms with Crippen LogP contribution in [-0.4, -0.2) is 14.8 Å². The molecule has 0 spiro atoms. The number of nitrogens with one attached hydrogen (secondary N) is 1. The van der Waals surface area contributed by atoms with Crippen molar-refractivity contribution in [1.82, 2.24) is 14.8 Å². The quantitative estimate of drug-likeness (QED) is 0.882. The second-order valence-corrected chi connectivity index (χ2v) is 5.41. The number of halogens is 1. The smallest absolute Gasteiger partial charge is 0.195 e. The molecule has 0 aromatic carbocycles. The van der Waals surface area contributed by atoms with Crippen molar-refractivity contribution in [1.29, 1.82) is 0 Å². The summed E-state index contributed by atoms with van der Waals surface area (Å²) in [5.74, 6) is 1.00. The molecule has 15 heavy (non-hydrogen) atoms. The van der Waals surface area contributed by atoms with Gasteiger partial charge in [0.15, 0.2) is 4.77 Å². The van der Waals surface area contributed by atoms with E-state index in [1.165, 1.54) is 4.88 Å². The molecule has 0 fully saturated rings. The fraction of sp³-hybridized carbons (Fsp3) is 0.333. The number of aromatic nitrogens is 3. The lowest BCUT2D eigenvalue weighted by atomic mass is 10.4. The van der Waals surface area contributed by atoms with E-state index in [0.717, 1.165) is 23.3 Å². The molecule has 2 rings (SSSR count). The topological polar surface area (TPSA) is 33.6 Å². The van der Waals surface area contributed by atoms with Gasteiger partial charge in [-0.2, -0.15) is 5.10 Å². The summed E-state index contributed by atoms with van der Waals surface area (Å²) < 4.78 is 3.85. The van der Waals surface area contributed by atoms with Crippen molar-refractivity contribution in [3.05, 3.63) is 31.4 Å². The Hall–Kier alpha value is -0.460. The van der Waals surface area contributed by atoms with Crippen LogP contribution >= 0.6 is 39.5 Å². The van der Waals surface area contributed by atoms with Crippen molar-refractivity contribution in [3.8, 4) is 0 Å². The number of aromatic amines is 1. The fourth-order valence-electron chi connectivity index (χ4n) is 1.38. The van der Waals surface area contributed by atoms with E-state index in [1.54, 1.807) is 11.3 Å². The molecule has 2 heterocycles. The minimum atomic E-state index is 0.691. The molecule has 0 saturated heterocycles. The van der Waals surface area contributed by atoms with E-state index in [2.05, 4.69) is 44.5 Å². The zero-order chi connectivity index (χ0) is 10.8. The van der Waals surface area contributed by atoms with Gasteiger partial charge in [0.1, 0.15) is 5.82 Å². The van der Waals surface area contributed by atoms with Gasteiger partial charge < -0.3 is 0 Å². The maximum atomic E-state index is 5.18. The monoisotopic (exact) mass is 303 g/mol. The molecular weight excluding hydrogens is 294 g/mol. The molecule has 2 aromatic rings. The van der Waals surface area contributed by atoms with E-state index in [4.69, 9.17) is 12.2 Å². The average Bonchev–Trinajstić information content (AvgIpc) is 2.76. The Kier molecular flexibility index (Phi) is 3.38. The lowest BCUT2D eigenvalue weighted by Gasteiger charge is -2.02. The third kappa shape index (κ3) is 2.38. The van der Waals surface area contributed by atoms with Gasteiger partial charge in [-0.1, -0.05) is 6.92 Å². The maximum Gasteiger partial charge on any atom is 0.195 e. The van der Waals surface area contributed by atoms with E-state index in [0.29, 0.717) is 4.77 Å². The molecule has 0 amide bonds. The molecule has 0 aliphatic carbocycles. The SMILES string of the molecule is CCc1n[nH]c(=S)n1Cc1cc(Br)cs1. The Morgan fingerprint density at radius 2 is 2.47 bits per heavy atom. The van der Waals surface area contributed by atoms with E-state index in [-0.39, 0.29) is 0 Å². The van der Waals surface area contributed by atoms with Gasteiger partial charge in [-0.25, -0.2) is 0 Å². The van der Waals surface area contributed by atoms with E-state index >= 15 is 0 Å². The van der Waals surface area contributed by atoms with Crippen LogP contribution in [0.25, 0.3) is 0 Å². The molecule has 0 unspecified atom stereocenters. The Bertz CT molecular complexity index is 511. The lowest BCUT2D eigenvalue weighted by molar-refractivity contribution is 0.732. The zero-order valence-electron chi connectivity index (χ0n) is 8.16. The van der Waals surface area contributed by atoms with Crippen molar-refractivity contribution in [2.24, 2.45) is 0 Å². The van der Waals surface area contributed by atoms with E-state index in [9.17, 15) is 0 Å². The van der Waals surface area contributed by atoms with Crippen LogP contribution in [0.5, 0.6) is 0 Å². The lowest BCUT2D eigenvalue weighted by Crippen LogP contribution is -2.03. The molecule has 1 N–H and O–H groups in total. The van der Waals surface area contributed by atoms with Crippen LogP contribution in [0.4, 0.5) is 0 Å². The molecule has 0 saturated carbocycles. The first kappa shape index (κ1) is 11.0. The summed E-state index contributed by atoms with van der Waals surface area (Å²) in [7, 11) is 0. The average molecular weight is 304 g/mol. The summed E-state index contributed by atoms with van der Waals surface area (Å²) in [6.45, 7) is 2.88. The van der Waals surface area contributed by atoms with Gasteiger partial charge in [0.2, 0.25) is 0 Å². The highest BCUT2D eigenvalue weighted by atomic mass is 79.9. The first-order chi connectivity index (χ1) is 7.20. The summed E-state index contributed by atoms with van der Waals surface area (Å²) in [6, 6.07) is 2.11. The summed E-state index contributed by atoms with van der Waals surface area (Å²) in [6.07, 6.45) is 0.889. The third-order valence-corrected chi connectivity index (χ3v) is 4.08. The number of rotatable bonds is 3. The molecule has 80 valence electrons. The highest BCUT2D eigenvalue weighted by molar-refractivity contribution is 9.10. The largest absolute Gasteiger partial charge is 0.299 e. The summed E-state index contributed by atoms with van der Waals surface area (Å²) >= 11 is 10.3. The van der Waals surface area contributed by atoms with Gasteiger partial charge in [0, 0.05) is 21.2 Å². The summed E-state index contributed by atoms with van der Waals surface area (Å²) in [5, 5.41) is 9.07. The number of H-pyrrole nitrogens is 1. The van der Waals surface area contributed by atoms with Gasteiger partial charge in [-0.05, 0) is 34.2 Å². The minimum Gasteiger partial charge on any atom is -0.299 e. The summed E-state index contributed by atoms with van der Waals surface area (Å²) in [4.78, 5) is 1.27. The van der Waals surface area contributed by atoms with Crippen LogP contribution in [0, 0.1) is 4.77 Å². The highest BCUT2D eigenvalue weighted by Gasteiger charge is 2.05. The zero-order valence-corrected chi connectivity index (χ0v) is 11.4. The molecule has 3 nitrogen and oxygen atoms in total. The molecule has 2 aromatic heterocycles. The first-order valence-corrected chi connectivity index (χ1v) is 6.65. The van der Waals surface area contributed by atoms with E-state index in [1.807, 2.05) is 4.57 Å². The van der Waals surface area contributed by atoms with Gasteiger partial charge in [0.25, 0.3) is 0 Å². The Balaban J connectivity index is 2.31.